The molecule has 4 heteroatoms. The average molecular weight is 140 g/mol. The van der Waals surface area contributed by atoms with E-state index in [-0.39, 0.29) is 5.97 Å². The molecule has 1 N–H and O–H groups in total. The third-order valence-electron chi connectivity index (χ3n) is 1.67. The van der Waals surface area contributed by atoms with E-state index in [0.717, 1.165) is 13.1 Å². The number of ether oxygens (including phenoxy) is 1. The summed E-state index contributed by atoms with van der Waals surface area (Å²) in [6, 6.07) is 0. The topological polar surface area (TPSA) is 41.6 Å². The van der Waals surface area contributed by atoms with E-state index in [1.165, 1.54) is 0 Å². The highest BCUT2D eigenvalue weighted by molar-refractivity contribution is 5.89. The molecule has 0 saturated carbocycles. The zero-order chi connectivity index (χ0) is 6.97. The molecule has 0 radical (unpaired) electrons. The summed E-state index contributed by atoms with van der Waals surface area (Å²) in [6.07, 6.45) is 1.71. The van der Waals surface area contributed by atoms with Crippen LogP contribution in [0.3, 0.4) is 0 Å². The van der Waals surface area contributed by atoms with Gasteiger partial charge in [-0.2, -0.15) is 0 Å². The minimum atomic E-state index is -0.216. The maximum Gasteiger partial charge on any atom is 0.357 e. The molecule has 0 spiro atoms. The first-order valence-corrected chi connectivity index (χ1v) is 3.23. The van der Waals surface area contributed by atoms with Crippen LogP contribution in [0.4, 0.5) is 0 Å². The summed E-state index contributed by atoms with van der Waals surface area (Å²) < 4.78 is 4.78. The van der Waals surface area contributed by atoms with E-state index in [0.29, 0.717) is 12.4 Å². The third kappa shape index (κ3) is 0.650. The Bertz CT molecular complexity index is 200. The first kappa shape index (κ1) is 5.58. The Morgan fingerprint density at radius 1 is 1.70 bits per heavy atom. The smallest absolute Gasteiger partial charge is 0.357 e. The second-order valence-electron chi connectivity index (χ2n) is 2.31. The molecular formula is C6H8N2O2. The van der Waals surface area contributed by atoms with Crippen LogP contribution >= 0.6 is 0 Å². The van der Waals surface area contributed by atoms with Crippen molar-refractivity contribution in [3.8, 4) is 0 Å². The lowest BCUT2D eigenvalue weighted by Gasteiger charge is -2.19. The lowest BCUT2D eigenvalue weighted by molar-refractivity contribution is -0.135. The van der Waals surface area contributed by atoms with Crippen molar-refractivity contribution >= 4 is 5.97 Å². The number of nitrogens with zero attached hydrogens (tertiary/aromatic N) is 1. The highest BCUT2D eigenvalue weighted by atomic mass is 16.6. The molecule has 2 aliphatic rings. The van der Waals surface area contributed by atoms with E-state index in [4.69, 9.17) is 4.74 Å². The lowest BCUT2D eigenvalue weighted by atomic mass is 10.3. The van der Waals surface area contributed by atoms with Crippen LogP contribution in [0.25, 0.3) is 0 Å². The fourth-order valence-corrected chi connectivity index (χ4v) is 1.11. The van der Waals surface area contributed by atoms with Crippen molar-refractivity contribution in [2.75, 3.05) is 19.8 Å². The van der Waals surface area contributed by atoms with Crippen LogP contribution in [-0.2, 0) is 9.53 Å². The zero-order valence-electron chi connectivity index (χ0n) is 5.46. The number of rotatable bonds is 0. The van der Waals surface area contributed by atoms with Gasteiger partial charge < -0.3 is 15.0 Å². The predicted octanol–water partition coefficient (Wildman–Crippen LogP) is -0.753. The molecule has 4 nitrogen and oxygen atoms in total. The Kier molecular flexibility index (Phi) is 1.06. The van der Waals surface area contributed by atoms with Gasteiger partial charge in [0, 0.05) is 19.3 Å². The molecule has 0 aromatic rings. The van der Waals surface area contributed by atoms with Crippen molar-refractivity contribution < 1.29 is 9.53 Å². The van der Waals surface area contributed by atoms with Crippen LogP contribution in [0.1, 0.15) is 0 Å². The van der Waals surface area contributed by atoms with Crippen molar-refractivity contribution in [1.29, 1.82) is 0 Å². The quantitative estimate of drug-likeness (QED) is 0.449. The molecular weight excluding hydrogens is 132 g/mol. The second-order valence-corrected chi connectivity index (χ2v) is 2.31. The Hall–Kier alpha value is -1.19. The van der Waals surface area contributed by atoms with Gasteiger partial charge in [-0.05, 0) is 0 Å². The molecule has 0 atom stereocenters. The fraction of sp³-hybridized carbons (Fsp3) is 0.500. The highest BCUT2D eigenvalue weighted by Gasteiger charge is 2.28. The molecule has 0 aromatic heterocycles. The summed E-state index contributed by atoms with van der Waals surface area (Å²) in [6.45, 7) is 2.17. The van der Waals surface area contributed by atoms with E-state index in [1.807, 2.05) is 4.90 Å². The van der Waals surface area contributed by atoms with Gasteiger partial charge in [0.1, 0.15) is 5.70 Å². The number of fused-ring (bicyclic) bond motifs is 1. The Labute approximate surface area is 58.4 Å². The van der Waals surface area contributed by atoms with Crippen molar-refractivity contribution in [2.24, 2.45) is 0 Å². The molecule has 0 aromatic carbocycles. The van der Waals surface area contributed by atoms with Gasteiger partial charge in [-0.25, -0.2) is 4.79 Å². The Morgan fingerprint density at radius 3 is 3.40 bits per heavy atom. The van der Waals surface area contributed by atoms with Gasteiger partial charge in [0.2, 0.25) is 0 Å². The molecule has 0 unspecified atom stereocenters. The number of carbonyl (C=O) groups is 1. The van der Waals surface area contributed by atoms with Crippen LogP contribution in [-0.4, -0.2) is 30.7 Å². The summed E-state index contributed by atoms with van der Waals surface area (Å²) in [4.78, 5) is 12.8. The standard InChI is InChI=1S/C6H8N2O2/c9-6-5-3-7-1-2-8(5)4-10-6/h3,7H,1-2,4H2. The molecule has 2 aliphatic heterocycles. The number of cyclic esters (lactones) is 1. The molecule has 0 bridgehead atoms. The first-order chi connectivity index (χ1) is 4.88. The number of esters is 1. The molecule has 54 valence electrons. The van der Waals surface area contributed by atoms with E-state index in [2.05, 4.69) is 5.32 Å². The molecule has 10 heavy (non-hydrogen) atoms. The maximum atomic E-state index is 10.8. The minimum Gasteiger partial charge on any atom is -0.440 e. The van der Waals surface area contributed by atoms with E-state index in [9.17, 15) is 4.79 Å². The van der Waals surface area contributed by atoms with E-state index in [1.54, 1.807) is 6.20 Å². The molecule has 0 aliphatic carbocycles. The molecule has 2 rings (SSSR count). The van der Waals surface area contributed by atoms with Gasteiger partial charge in [-0.15, -0.1) is 0 Å². The summed E-state index contributed by atoms with van der Waals surface area (Å²) in [5, 5.41) is 2.98. The van der Waals surface area contributed by atoms with Gasteiger partial charge in [-0.3, -0.25) is 0 Å². The van der Waals surface area contributed by atoms with Gasteiger partial charge in [0.15, 0.2) is 6.73 Å². The lowest BCUT2D eigenvalue weighted by Crippen LogP contribution is -2.33. The summed E-state index contributed by atoms with van der Waals surface area (Å²) >= 11 is 0. The molecule has 1 saturated heterocycles. The highest BCUT2D eigenvalue weighted by Crippen LogP contribution is 2.14. The first-order valence-electron chi connectivity index (χ1n) is 3.23. The number of carbonyl (C=O) groups excluding carboxylic acids is 1. The van der Waals surface area contributed by atoms with Crippen molar-refractivity contribution in [3.05, 3.63) is 11.9 Å². The summed E-state index contributed by atoms with van der Waals surface area (Å²) in [5.41, 5.74) is 0.659. The summed E-state index contributed by atoms with van der Waals surface area (Å²) in [7, 11) is 0. The number of hydrogen-bond acceptors (Lipinski definition) is 4. The van der Waals surface area contributed by atoms with E-state index >= 15 is 0 Å². The van der Waals surface area contributed by atoms with Gasteiger partial charge in [0.25, 0.3) is 0 Å². The maximum absolute atomic E-state index is 10.8. The SMILES string of the molecule is O=C1OCN2CCNC=C12. The van der Waals surface area contributed by atoms with Gasteiger partial charge in [0.05, 0.1) is 0 Å². The number of nitrogens with one attached hydrogen (secondary N) is 1. The van der Waals surface area contributed by atoms with Crippen molar-refractivity contribution in [2.45, 2.75) is 0 Å². The number of hydrogen-bond donors (Lipinski definition) is 1. The minimum absolute atomic E-state index is 0.216. The van der Waals surface area contributed by atoms with Crippen LogP contribution in [0.15, 0.2) is 11.9 Å². The Balaban J connectivity index is 2.27. The van der Waals surface area contributed by atoms with Crippen LogP contribution < -0.4 is 5.32 Å². The zero-order valence-corrected chi connectivity index (χ0v) is 5.46. The normalized spacial score (nSPS) is 23.0. The Morgan fingerprint density at radius 2 is 2.60 bits per heavy atom. The molecule has 2 heterocycles. The summed E-state index contributed by atoms with van der Waals surface area (Å²) in [5.74, 6) is -0.216. The van der Waals surface area contributed by atoms with Gasteiger partial charge >= 0.3 is 5.97 Å². The second kappa shape index (κ2) is 1.90. The average Bonchev–Trinajstić information content (AvgIpc) is 2.34. The van der Waals surface area contributed by atoms with Crippen molar-refractivity contribution in [3.63, 3.8) is 0 Å². The molecule has 0 amide bonds. The third-order valence-corrected chi connectivity index (χ3v) is 1.67. The monoisotopic (exact) mass is 140 g/mol. The van der Waals surface area contributed by atoms with Crippen LogP contribution in [0.5, 0.6) is 0 Å². The van der Waals surface area contributed by atoms with E-state index < -0.39 is 0 Å². The largest absolute Gasteiger partial charge is 0.440 e. The van der Waals surface area contributed by atoms with Gasteiger partial charge in [-0.1, -0.05) is 0 Å². The van der Waals surface area contributed by atoms with Crippen LogP contribution in [0.2, 0.25) is 0 Å². The fourth-order valence-electron chi connectivity index (χ4n) is 1.11. The van der Waals surface area contributed by atoms with Crippen LogP contribution in [0, 0.1) is 0 Å². The molecule has 1 fully saturated rings. The van der Waals surface area contributed by atoms with Crippen molar-refractivity contribution in [1.82, 2.24) is 10.2 Å². The predicted molar refractivity (Wildman–Crippen MR) is 33.8 cm³/mol.